The molecule has 0 amide bonds. The van der Waals surface area contributed by atoms with Gasteiger partial charge in [-0.05, 0) is 17.7 Å². The summed E-state index contributed by atoms with van der Waals surface area (Å²) in [6.07, 6.45) is 0. The van der Waals surface area contributed by atoms with Crippen molar-refractivity contribution in [2.75, 3.05) is 5.32 Å². The Labute approximate surface area is 111 Å². The Morgan fingerprint density at radius 1 is 0.944 bits per heavy atom. The zero-order valence-electron chi connectivity index (χ0n) is 9.18. The minimum Gasteiger partial charge on any atom is -0.379 e. The summed E-state index contributed by atoms with van der Waals surface area (Å²) >= 11 is 3.31. The highest BCUT2D eigenvalue weighted by Gasteiger charge is 2.09. The van der Waals surface area contributed by atoms with Crippen LogP contribution in [0.3, 0.4) is 0 Å². The lowest BCUT2D eigenvalue weighted by atomic mass is 10.2. The molecule has 0 unspecified atom stereocenters. The van der Waals surface area contributed by atoms with E-state index in [0.29, 0.717) is 12.6 Å². The fraction of sp³-hybridized carbons (Fsp3) is 0.0769. The molecule has 5 heteroatoms. The van der Waals surface area contributed by atoms with Crippen LogP contribution < -0.4 is 5.32 Å². The highest BCUT2D eigenvalue weighted by molar-refractivity contribution is 9.10. The van der Waals surface area contributed by atoms with Gasteiger partial charge in [0.05, 0.1) is 5.69 Å². The first-order valence-electron chi connectivity index (χ1n) is 5.19. The second-order valence-corrected chi connectivity index (χ2v) is 4.65. The predicted octanol–water partition coefficient (Wildman–Crippen LogP) is 4.48. The summed E-state index contributed by atoms with van der Waals surface area (Å²) in [4.78, 5) is 0. The summed E-state index contributed by atoms with van der Waals surface area (Å²) in [6, 6.07) is 8.73. The van der Waals surface area contributed by atoms with Crippen LogP contribution in [0.15, 0.2) is 40.9 Å². The van der Waals surface area contributed by atoms with Crippen molar-refractivity contribution in [2.24, 2.45) is 0 Å². The lowest BCUT2D eigenvalue weighted by Crippen LogP contribution is -2.03. The van der Waals surface area contributed by atoms with Gasteiger partial charge in [-0.15, -0.1) is 0 Å². The Bertz CT molecular complexity index is 572. The normalized spacial score (nSPS) is 10.4. The summed E-state index contributed by atoms with van der Waals surface area (Å²) in [5, 5.41) is 2.72. The monoisotopic (exact) mass is 315 g/mol. The Morgan fingerprint density at radius 2 is 1.67 bits per heavy atom. The number of hydrogen-bond acceptors (Lipinski definition) is 1. The van der Waals surface area contributed by atoms with E-state index in [4.69, 9.17) is 0 Å². The molecule has 0 bridgehead atoms. The van der Waals surface area contributed by atoms with E-state index >= 15 is 0 Å². The van der Waals surface area contributed by atoms with Crippen LogP contribution in [0.2, 0.25) is 0 Å². The van der Waals surface area contributed by atoms with Gasteiger partial charge in [0.2, 0.25) is 0 Å². The van der Waals surface area contributed by atoms with Crippen molar-refractivity contribution >= 4 is 21.6 Å². The van der Waals surface area contributed by atoms with Gasteiger partial charge < -0.3 is 5.32 Å². The standard InChI is InChI=1S/C13H9BrF3N/c14-9-3-1-2-8(4-9)7-18-13-6-11(16)10(15)5-12(13)17/h1-6,18H,7H2. The third kappa shape index (κ3) is 3.04. The maximum Gasteiger partial charge on any atom is 0.161 e. The lowest BCUT2D eigenvalue weighted by Gasteiger charge is -2.08. The summed E-state index contributed by atoms with van der Waals surface area (Å²) in [5.41, 5.74) is 0.836. The van der Waals surface area contributed by atoms with Gasteiger partial charge in [-0.3, -0.25) is 0 Å². The molecular weight excluding hydrogens is 307 g/mol. The fourth-order valence-electron chi connectivity index (χ4n) is 1.50. The molecule has 0 spiro atoms. The largest absolute Gasteiger partial charge is 0.379 e. The van der Waals surface area contributed by atoms with Crippen molar-refractivity contribution in [2.45, 2.75) is 6.54 Å². The molecule has 0 aliphatic rings. The van der Waals surface area contributed by atoms with E-state index in [-0.39, 0.29) is 5.69 Å². The van der Waals surface area contributed by atoms with Crippen LogP contribution in [0, 0.1) is 17.5 Å². The zero-order chi connectivity index (χ0) is 13.1. The molecule has 0 saturated carbocycles. The molecule has 0 fully saturated rings. The molecule has 2 aromatic rings. The zero-order valence-corrected chi connectivity index (χ0v) is 10.8. The van der Waals surface area contributed by atoms with Crippen molar-refractivity contribution in [3.05, 3.63) is 63.9 Å². The fourth-order valence-corrected chi connectivity index (χ4v) is 1.95. The van der Waals surface area contributed by atoms with Crippen LogP contribution in [-0.4, -0.2) is 0 Å². The number of anilines is 1. The van der Waals surface area contributed by atoms with Crippen LogP contribution in [0.1, 0.15) is 5.56 Å². The minimum absolute atomic E-state index is 0.0612. The molecule has 2 rings (SSSR count). The van der Waals surface area contributed by atoms with E-state index in [1.165, 1.54) is 0 Å². The van der Waals surface area contributed by atoms with Gasteiger partial charge in [0, 0.05) is 23.2 Å². The predicted molar refractivity (Wildman–Crippen MR) is 67.8 cm³/mol. The molecule has 0 aliphatic heterocycles. The van der Waals surface area contributed by atoms with Crippen LogP contribution in [0.25, 0.3) is 0 Å². The second-order valence-electron chi connectivity index (χ2n) is 3.73. The number of benzene rings is 2. The van der Waals surface area contributed by atoms with Gasteiger partial charge in [0.25, 0.3) is 0 Å². The van der Waals surface area contributed by atoms with Gasteiger partial charge in [-0.1, -0.05) is 28.1 Å². The Kier molecular flexibility index (Phi) is 3.91. The molecule has 0 saturated heterocycles. The summed E-state index contributed by atoms with van der Waals surface area (Å²) in [6.45, 7) is 0.321. The van der Waals surface area contributed by atoms with E-state index in [1.807, 2.05) is 24.3 Å². The van der Waals surface area contributed by atoms with Crippen molar-refractivity contribution < 1.29 is 13.2 Å². The summed E-state index contributed by atoms with van der Waals surface area (Å²) in [5.74, 6) is -3.09. The minimum atomic E-state index is -1.19. The molecule has 0 aromatic heterocycles. The topological polar surface area (TPSA) is 12.0 Å². The molecule has 1 N–H and O–H groups in total. The number of rotatable bonds is 3. The second kappa shape index (κ2) is 5.44. The Hall–Kier alpha value is -1.49. The average Bonchev–Trinajstić information content (AvgIpc) is 2.32. The van der Waals surface area contributed by atoms with Crippen LogP contribution in [0.4, 0.5) is 18.9 Å². The first-order chi connectivity index (χ1) is 8.56. The first-order valence-corrected chi connectivity index (χ1v) is 5.98. The summed E-state index contributed by atoms with van der Waals surface area (Å²) in [7, 11) is 0. The molecule has 94 valence electrons. The van der Waals surface area contributed by atoms with Gasteiger partial charge in [0.15, 0.2) is 11.6 Å². The molecule has 1 nitrogen and oxygen atoms in total. The van der Waals surface area contributed by atoms with Gasteiger partial charge in [-0.25, -0.2) is 13.2 Å². The highest BCUT2D eigenvalue weighted by Crippen LogP contribution is 2.19. The maximum atomic E-state index is 13.3. The Balaban J connectivity index is 2.13. The smallest absolute Gasteiger partial charge is 0.161 e. The SMILES string of the molecule is Fc1cc(F)c(NCc2cccc(Br)c2)cc1F. The maximum absolute atomic E-state index is 13.3. The van der Waals surface area contributed by atoms with E-state index in [9.17, 15) is 13.2 Å². The molecule has 0 aliphatic carbocycles. The van der Waals surface area contributed by atoms with E-state index < -0.39 is 17.5 Å². The molecule has 2 aromatic carbocycles. The van der Waals surface area contributed by atoms with Crippen LogP contribution >= 0.6 is 15.9 Å². The lowest BCUT2D eigenvalue weighted by molar-refractivity contribution is 0.496. The first kappa shape index (κ1) is 13.0. The molecular formula is C13H9BrF3N. The number of hydrogen-bond donors (Lipinski definition) is 1. The Morgan fingerprint density at radius 3 is 2.39 bits per heavy atom. The van der Waals surface area contributed by atoms with Crippen molar-refractivity contribution in [3.8, 4) is 0 Å². The number of nitrogens with one attached hydrogen (secondary N) is 1. The highest BCUT2D eigenvalue weighted by atomic mass is 79.9. The van der Waals surface area contributed by atoms with Crippen molar-refractivity contribution in [3.63, 3.8) is 0 Å². The van der Waals surface area contributed by atoms with Crippen molar-refractivity contribution in [1.29, 1.82) is 0 Å². The molecule has 0 radical (unpaired) electrons. The van der Waals surface area contributed by atoms with Gasteiger partial charge >= 0.3 is 0 Å². The van der Waals surface area contributed by atoms with Crippen LogP contribution in [0.5, 0.6) is 0 Å². The third-order valence-electron chi connectivity index (χ3n) is 2.38. The molecule has 0 heterocycles. The van der Waals surface area contributed by atoms with Gasteiger partial charge in [-0.2, -0.15) is 0 Å². The quantitative estimate of drug-likeness (QED) is 0.823. The van der Waals surface area contributed by atoms with Crippen molar-refractivity contribution in [1.82, 2.24) is 0 Å². The van der Waals surface area contributed by atoms with E-state index in [1.54, 1.807) is 0 Å². The average molecular weight is 316 g/mol. The van der Waals surface area contributed by atoms with E-state index in [0.717, 1.165) is 16.1 Å². The summed E-state index contributed by atoms with van der Waals surface area (Å²) < 4.78 is 39.9. The third-order valence-corrected chi connectivity index (χ3v) is 2.88. The van der Waals surface area contributed by atoms with Crippen LogP contribution in [-0.2, 0) is 6.54 Å². The number of halogens is 4. The molecule has 0 atom stereocenters. The van der Waals surface area contributed by atoms with Gasteiger partial charge in [0.1, 0.15) is 5.82 Å². The molecule has 18 heavy (non-hydrogen) atoms. The van der Waals surface area contributed by atoms with E-state index in [2.05, 4.69) is 21.2 Å².